The summed E-state index contributed by atoms with van der Waals surface area (Å²) < 4.78 is 41.1. The minimum Gasteiger partial charge on any atom is -0.395 e. The lowest BCUT2D eigenvalue weighted by molar-refractivity contribution is -0.134. The Morgan fingerprint density at radius 1 is 1.19 bits per heavy atom. The second-order valence-electron chi connectivity index (χ2n) is 7.67. The molecule has 32 heavy (non-hydrogen) atoms. The molecular weight excluding hydrogens is 440 g/mol. The van der Waals surface area contributed by atoms with Gasteiger partial charge in [0.05, 0.1) is 36.2 Å². The number of rotatable bonds is 7. The van der Waals surface area contributed by atoms with Crippen molar-refractivity contribution < 1.29 is 22.9 Å². The number of alkyl halides is 2. The third kappa shape index (κ3) is 4.09. The zero-order valence-corrected chi connectivity index (χ0v) is 18.4. The lowest BCUT2D eigenvalue weighted by Gasteiger charge is -2.22. The molecule has 0 saturated carbocycles. The smallest absolute Gasteiger partial charge is 0.257 e. The van der Waals surface area contributed by atoms with E-state index in [-0.39, 0.29) is 25.6 Å². The van der Waals surface area contributed by atoms with Gasteiger partial charge < -0.3 is 10.0 Å². The van der Waals surface area contributed by atoms with Gasteiger partial charge in [-0.2, -0.15) is 14.3 Å². The van der Waals surface area contributed by atoms with Gasteiger partial charge in [0.2, 0.25) is 5.91 Å². The normalized spacial score (nSPS) is 15.2. The van der Waals surface area contributed by atoms with Crippen LogP contribution in [0.1, 0.15) is 34.1 Å². The molecule has 1 aliphatic heterocycles. The Hall–Kier alpha value is -2.92. The molecule has 0 spiro atoms. The number of hydrogen-bond acceptors (Lipinski definition) is 5. The van der Waals surface area contributed by atoms with Crippen molar-refractivity contribution in [3.63, 3.8) is 0 Å². The number of benzene rings is 1. The first-order valence-electron chi connectivity index (χ1n) is 10.1. The molecule has 4 rings (SSSR count). The Balaban J connectivity index is 1.51. The Morgan fingerprint density at radius 3 is 2.53 bits per heavy atom. The van der Waals surface area contributed by atoms with Gasteiger partial charge in [-0.25, -0.2) is 13.0 Å². The molecule has 11 heteroatoms. The van der Waals surface area contributed by atoms with E-state index in [0.29, 0.717) is 22.0 Å². The van der Waals surface area contributed by atoms with E-state index in [4.69, 9.17) is 0 Å². The average molecular weight is 464 g/mol. The van der Waals surface area contributed by atoms with Crippen LogP contribution in [0.3, 0.4) is 0 Å². The molecule has 0 aliphatic carbocycles. The number of fused-ring (bicyclic) bond motifs is 1. The molecule has 1 aliphatic rings. The van der Waals surface area contributed by atoms with Gasteiger partial charge in [-0.05, 0) is 19.4 Å². The summed E-state index contributed by atoms with van der Waals surface area (Å²) in [5, 5.41) is 18.2. The zero-order chi connectivity index (χ0) is 23.0. The van der Waals surface area contributed by atoms with E-state index in [9.17, 15) is 22.9 Å². The second kappa shape index (κ2) is 8.91. The number of hydrogen-bond donors (Lipinski definition) is 1. The summed E-state index contributed by atoms with van der Waals surface area (Å²) in [6.45, 7) is 2.89. The van der Waals surface area contributed by atoms with Gasteiger partial charge in [-0.3, -0.25) is 9.48 Å². The number of aliphatic hydroxyl groups excluding tert-OH is 1. The van der Waals surface area contributed by atoms with Crippen LogP contribution in [-0.2, 0) is 35.4 Å². The second-order valence-corrected chi connectivity index (χ2v) is 8.95. The van der Waals surface area contributed by atoms with E-state index >= 15 is 0 Å². The van der Waals surface area contributed by atoms with Crippen molar-refractivity contribution in [2.75, 3.05) is 6.61 Å². The quantitative estimate of drug-likeness (QED) is 0.580. The standard InChI is InChI=1S/C21H23F2N5O3S/c1-13-20(14(2)27(24-13)11-19(22)23)32(31)28-9-16-8-26(10-18(16)25-28)21(30)17(12-29)15-6-4-3-5-7-15/h3-7,9,17,19,29H,8,10-12H2,1-2H3. The van der Waals surface area contributed by atoms with E-state index in [1.807, 2.05) is 18.2 Å². The first-order valence-corrected chi connectivity index (χ1v) is 11.2. The van der Waals surface area contributed by atoms with Gasteiger partial charge in [-0.15, -0.1) is 0 Å². The van der Waals surface area contributed by atoms with Crippen LogP contribution in [0, 0.1) is 13.8 Å². The largest absolute Gasteiger partial charge is 0.395 e. The fraction of sp³-hybridized carbons (Fsp3) is 0.381. The molecule has 1 N–H and O–H groups in total. The Kier molecular flexibility index (Phi) is 6.20. The zero-order valence-electron chi connectivity index (χ0n) is 17.6. The third-order valence-electron chi connectivity index (χ3n) is 5.52. The molecule has 2 unspecified atom stereocenters. The average Bonchev–Trinajstić information content (AvgIpc) is 3.40. The van der Waals surface area contributed by atoms with Crippen molar-refractivity contribution in [1.82, 2.24) is 23.9 Å². The van der Waals surface area contributed by atoms with Crippen LogP contribution in [0.15, 0.2) is 41.4 Å². The monoisotopic (exact) mass is 463 g/mol. The van der Waals surface area contributed by atoms with Crippen LogP contribution in [0.4, 0.5) is 8.78 Å². The summed E-state index contributed by atoms with van der Waals surface area (Å²) in [6.07, 6.45) is -0.955. The molecule has 3 heterocycles. The van der Waals surface area contributed by atoms with Crippen molar-refractivity contribution in [3.8, 4) is 0 Å². The van der Waals surface area contributed by atoms with Gasteiger partial charge in [-0.1, -0.05) is 30.3 Å². The molecule has 3 aromatic rings. The Labute approximate surface area is 186 Å². The van der Waals surface area contributed by atoms with Gasteiger partial charge in [0, 0.05) is 18.3 Å². The highest BCUT2D eigenvalue weighted by Gasteiger charge is 2.32. The minimum atomic E-state index is -2.56. The van der Waals surface area contributed by atoms with Crippen LogP contribution in [0.2, 0.25) is 0 Å². The number of halogens is 2. The SMILES string of the molecule is Cc1nn(CC(F)F)c(C)c1S(=O)n1cc2c(n1)CN(C(=O)C(CO)c1ccccc1)C2. The number of carbonyl (C=O) groups excluding carboxylic acids is 1. The summed E-state index contributed by atoms with van der Waals surface area (Å²) in [5.41, 5.74) is 2.92. The highest BCUT2D eigenvalue weighted by molar-refractivity contribution is 7.83. The summed E-state index contributed by atoms with van der Waals surface area (Å²) in [5.74, 6) is -0.864. The van der Waals surface area contributed by atoms with Gasteiger partial charge in [0.15, 0.2) is 11.0 Å². The van der Waals surface area contributed by atoms with Crippen LogP contribution < -0.4 is 0 Å². The molecule has 0 bridgehead atoms. The van der Waals surface area contributed by atoms with Crippen molar-refractivity contribution in [1.29, 1.82) is 0 Å². The number of aliphatic hydroxyl groups is 1. The first kappa shape index (κ1) is 22.3. The molecular formula is C21H23F2N5O3S. The van der Waals surface area contributed by atoms with Crippen LogP contribution in [0.25, 0.3) is 0 Å². The lowest BCUT2D eigenvalue weighted by atomic mass is 9.98. The number of carbonyl (C=O) groups is 1. The maximum Gasteiger partial charge on any atom is 0.257 e. The van der Waals surface area contributed by atoms with Crippen molar-refractivity contribution in [2.45, 2.75) is 50.7 Å². The number of nitrogens with zero attached hydrogens (tertiary/aromatic N) is 5. The summed E-state index contributed by atoms with van der Waals surface area (Å²) in [7, 11) is -1.75. The maximum absolute atomic E-state index is 13.1. The molecule has 2 aromatic heterocycles. The fourth-order valence-corrected chi connectivity index (χ4v) is 5.17. The highest BCUT2D eigenvalue weighted by Crippen LogP contribution is 2.28. The third-order valence-corrected chi connectivity index (χ3v) is 6.99. The van der Waals surface area contributed by atoms with Crippen LogP contribution in [-0.4, -0.2) is 52.1 Å². The van der Waals surface area contributed by atoms with Crippen LogP contribution >= 0.6 is 0 Å². The molecule has 170 valence electrons. The van der Waals surface area contributed by atoms with E-state index in [2.05, 4.69) is 10.2 Å². The fourth-order valence-electron chi connectivity index (χ4n) is 3.94. The number of aromatic nitrogens is 4. The van der Waals surface area contributed by atoms with Gasteiger partial charge in [0.25, 0.3) is 6.43 Å². The number of amides is 1. The van der Waals surface area contributed by atoms with Crippen molar-refractivity contribution in [3.05, 3.63) is 64.7 Å². The predicted octanol–water partition coefficient (Wildman–Crippen LogP) is 2.15. The number of aryl methyl sites for hydroxylation is 1. The van der Waals surface area contributed by atoms with Gasteiger partial charge in [0.1, 0.15) is 11.4 Å². The topological polar surface area (TPSA) is 93.3 Å². The molecule has 0 saturated heterocycles. The Bertz CT molecular complexity index is 1140. The maximum atomic E-state index is 13.1. The van der Waals surface area contributed by atoms with Gasteiger partial charge >= 0.3 is 0 Å². The van der Waals surface area contributed by atoms with E-state index in [1.165, 1.54) is 4.09 Å². The molecule has 1 aromatic carbocycles. The molecule has 0 fully saturated rings. The summed E-state index contributed by atoms with van der Waals surface area (Å²) in [4.78, 5) is 14.9. The Morgan fingerprint density at radius 2 is 1.91 bits per heavy atom. The molecule has 1 amide bonds. The lowest BCUT2D eigenvalue weighted by Crippen LogP contribution is -2.33. The predicted molar refractivity (Wildman–Crippen MR) is 112 cm³/mol. The van der Waals surface area contributed by atoms with E-state index < -0.39 is 29.9 Å². The molecule has 0 radical (unpaired) electrons. The van der Waals surface area contributed by atoms with E-state index in [0.717, 1.165) is 15.8 Å². The van der Waals surface area contributed by atoms with Crippen molar-refractivity contribution in [2.24, 2.45) is 0 Å². The minimum absolute atomic E-state index is 0.204. The molecule has 8 nitrogen and oxygen atoms in total. The van der Waals surface area contributed by atoms with Crippen LogP contribution in [0.5, 0.6) is 0 Å². The summed E-state index contributed by atoms with van der Waals surface area (Å²) in [6, 6.07) is 9.08. The summed E-state index contributed by atoms with van der Waals surface area (Å²) >= 11 is 0. The molecule has 2 atom stereocenters. The first-order chi connectivity index (χ1) is 15.3. The van der Waals surface area contributed by atoms with Crippen molar-refractivity contribution >= 4 is 16.9 Å². The van der Waals surface area contributed by atoms with E-state index in [1.54, 1.807) is 37.1 Å². The highest BCUT2D eigenvalue weighted by atomic mass is 32.2.